The summed E-state index contributed by atoms with van der Waals surface area (Å²) in [5, 5.41) is 0. The van der Waals surface area contributed by atoms with Crippen molar-refractivity contribution in [2.75, 3.05) is 43.7 Å². The van der Waals surface area contributed by atoms with Gasteiger partial charge in [0.05, 0.1) is 25.4 Å². The van der Waals surface area contributed by atoms with E-state index >= 15 is 0 Å². The van der Waals surface area contributed by atoms with Gasteiger partial charge < -0.3 is 14.2 Å². The highest BCUT2D eigenvalue weighted by atomic mass is 32.2. The third-order valence-electron chi connectivity index (χ3n) is 2.39. The van der Waals surface area contributed by atoms with Gasteiger partial charge in [-0.3, -0.25) is 0 Å². The summed E-state index contributed by atoms with van der Waals surface area (Å²) in [5.74, 6) is 2.53. The molecule has 114 valence electrons. The highest BCUT2D eigenvalue weighted by Crippen LogP contribution is 2.05. The Morgan fingerprint density at radius 3 is 2.11 bits per heavy atom. The molecule has 0 heterocycles. The molecule has 19 heavy (non-hydrogen) atoms. The Bertz CT molecular complexity index is 234. The Morgan fingerprint density at radius 1 is 1.00 bits per heavy atom. The Kier molecular flexibility index (Phi) is 10.4. The topological polar surface area (TPSA) is 44.8 Å². The van der Waals surface area contributed by atoms with E-state index in [1.807, 2.05) is 20.8 Å². The monoisotopic (exact) mass is 293 g/mol. The Hall–Kier alpha value is -0.260. The maximum atomic E-state index is 11.5. The number of carbonyl (C=O) groups excluding carboxylic acids is 1. The molecule has 0 atom stereocenters. The molecule has 0 aromatic heterocycles. The smallest absolute Gasteiger partial charge is 0.356 e. The predicted octanol–water partition coefficient (Wildman–Crippen LogP) is 2.02. The molecule has 0 saturated carbocycles. The molecule has 0 aliphatic rings. The lowest BCUT2D eigenvalue weighted by Crippen LogP contribution is -2.24. The number of esters is 1. The minimum absolute atomic E-state index is 0.110. The highest BCUT2D eigenvalue weighted by molar-refractivity contribution is 7.97. The molecule has 0 fully saturated rings. The lowest BCUT2D eigenvalue weighted by Gasteiger charge is -2.19. The SMILES string of the molecule is CC[S+](CC)CC(=O)OCCOCCOC(C)(C)C. The number of rotatable bonds is 10. The summed E-state index contributed by atoms with van der Waals surface area (Å²) in [4.78, 5) is 11.5. The zero-order valence-electron chi connectivity index (χ0n) is 13.0. The number of hydrogen-bond acceptors (Lipinski definition) is 4. The van der Waals surface area contributed by atoms with Gasteiger partial charge in [-0.15, -0.1) is 0 Å². The van der Waals surface area contributed by atoms with Crippen molar-refractivity contribution < 1.29 is 19.0 Å². The van der Waals surface area contributed by atoms with Crippen molar-refractivity contribution in [2.24, 2.45) is 0 Å². The van der Waals surface area contributed by atoms with Crippen LogP contribution in [0.2, 0.25) is 0 Å². The second kappa shape index (κ2) is 10.5. The van der Waals surface area contributed by atoms with E-state index in [1.54, 1.807) is 0 Å². The number of hydrogen-bond donors (Lipinski definition) is 0. The van der Waals surface area contributed by atoms with Crippen LogP contribution in [0.25, 0.3) is 0 Å². The van der Waals surface area contributed by atoms with Crippen LogP contribution in [0.15, 0.2) is 0 Å². The highest BCUT2D eigenvalue weighted by Gasteiger charge is 2.18. The first kappa shape index (κ1) is 18.7. The van der Waals surface area contributed by atoms with Gasteiger partial charge in [-0.25, -0.2) is 4.79 Å². The van der Waals surface area contributed by atoms with Gasteiger partial charge in [0.15, 0.2) is 0 Å². The van der Waals surface area contributed by atoms with Crippen LogP contribution in [-0.2, 0) is 29.9 Å². The fourth-order valence-electron chi connectivity index (χ4n) is 1.34. The van der Waals surface area contributed by atoms with Crippen LogP contribution in [-0.4, -0.2) is 55.3 Å². The molecule has 4 nitrogen and oxygen atoms in total. The van der Waals surface area contributed by atoms with E-state index in [-0.39, 0.29) is 22.5 Å². The average Bonchev–Trinajstić information content (AvgIpc) is 2.33. The van der Waals surface area contributed by atoms with Crippen LogP contribution in [0, 0.1) is 0 Å². The Balaban J connectivity index is 3.42. The summed E-state index contributed by atoms with van der Waals surface area (Å²) in [7, 11) is 0.176. The minimum atomic E-state index is -0.133. The second-order valence-corrected chi connectivity index (χ2v) is 7.80. The molecule has 0 aliphatic heterocycles. The first-order chi connectivity index (χ1) is 8.89. The minimum Gasteiger partial charge on any atom is -0.460 e. The van der Waals surface area contributed by atoms with Gasteiger partial charge in [-0.05, 0) is 45.5 Å². The molecule has 0 aliphatic carbocycles. The molecular formula is C14H29O4S+. The van der Waals surface area contributed by atoms with E-state index in [0.717, 1.165) is 11.5 Å². The van der Waals surface area contributed by atoms with Crippen molar-refractivity contribution in [3.05, 3.63) is 0 Å². The van der Waals surface area contributed by atoms with Gasteiger partial charge in [-0.2, -0.15) is 0 Å². The standard InChI is InChI=1S/C14H29O4S/c1-6-19(7-2)12-13(15)17-10-8-16-9-11-18-14(3,4)5/h6-12H2,1-5H3/q+1. The number of carbonyl (C=O) groups is 1. The Morgan fingerprint density at radius 2 is 1.58 bits per heavy atom. The summed E-state index contributed by atoms with van der Waals surface area (Å²) < 4.78 is 16.0. The maximum Gasteiger partial charge on any atom is 0.356 e. The van der Waals surface area contributed by atoms with Crippen molar-refractivity contribution in [3.8, 4) is 0 Å². The third kappa shape index (κ3) is 12.5. The molecular weight excluding hydrogens is 264 g/mol. The van der Waals surface area contributed by atoms with E-state index in [1.165, 1.54) is 0 Å². The molecule has 5 heteroatoms. The van der Waals surface area contributed by atoms with Crippen LogP contribution in [0.4, 0.5) is 0 Å². The molecule has 0 N–H and O–H groups in total. The fourth-order valence-corrected chi connectivity index (χ4v) is 2.57. The lowest BCUT2D eigenvalue weighted by atomic mass is 10.2. The lowest BCUT2D eigenvalue weighted by molar-refractivity contribution is -0.142. The van der Waals surface area contributed by atoms with Gasteiger partial charge in [-0.1, -0.05) is 0 Å². The van der Waals surface area contributed by atoms with Crippen molar-refractivity contribution in [1.82, 2.24) is 0 Å². The third-order valence-corrected chi connectivity index (χ3v) is 4.67. The van der Waals surface area contributed by atoms with Crippen molar-refractivity contribution >= 4 is 16.9 Å². The van der Waals surface area contributed by atoms with E-state index in [4.69, 9.17) is 14.2 Å². The van der Waals surface area contributed by atoms with Gasteiger partial charge >= 0.3 is 5.97 Å². The predicted molar refractivity (Wildman–Crippen MR) is 80.8 cm³/mol. The summed E-state index contributed by atoms with van der Waals surface area (Å²) in [5.41, 5.74) is -0.133. The number of ether oxygens (including phenoxy) is 3. The van der Waals surface area contributed by atoms with Gasteiger partial charge in [0.1, 0.15) is 18.1 Å². The fraction of sp³-hybridized carbons (Fsp3) is 0.929. The van der Waals surface area contributed by atoms with Crippen LogP contribution < -0.4 is 0 Å². The van der Waals surface area contributed by atoms with Crippen LogP contribution in [0.5, 0.6) is 0 Å². The summed E-state index contributed by atoms with van der Waals surface area (Å²) in [6.45, 7) is 12.1. The molecule has 0 bridgehead atoms. The molecule has 0 radical (unpaired) electrons. The summed E-state index contributed by atoms with van der Waals surface area (Å²) in [6, 6.07) is 0. The molecule has 0 aromatic rings. The van der Waals surface area contributed by atoms with Gasteiger partial charge in [0, 0.05) is 0 Å². The molecule has 0 rings (SSSR count). The normalized spacial score (nSPS) is 11.9. The molecule has 0 spiro atoms. The quantitative estimate of drug-likeness (QED) is 0.351. The Labute approximate surface area is 120 Å². The second-order valence-electron chi connectivity index (χ2n) is 5.13. The molecule has 0 amide bonds. The average molecular weight is 293 g/mol. The zero-order valence-corrected chi connectivity index (χ0v) is 13.8. The van der Waals surface area contributed by atoms with Crippen molar-refractivity contribution in [1.29, 1.82) is 0 Å². The summed E-state index contributed by atoms with van der Waals surface area (Å²) in [6.07, 6.45) is 0. The van der Waals surface area contributed by atoms with Crippen LogP contribution >= 0.6 is 0 Å². The van der Waals surface area contributed by atoms with Crippen LogP contribution in [0.3, 0.4) is 0 Å². The van der Waals surface area contributed by atoms with Crippen LogP contribution in [0.1, 0.15) is 34.6 Å². The molecule has 0 unspecified atom stereocenters. The zero-order chi connectivity index (χ0) is 14.7. The van der Waals surface area contributed by atoms with Crippen molar-refractivity contribution in [2.45, 2.75) is 40.2 Å². The summed E-state index contributed by atoms with van der Waals surface area (Å²) >= 11 is 0. The van der Waals surface area contributed by atoms with E-state index in [0.29, 0.717) is 32.2 Å². The van der Waals surface area contributed by atoms with Gasteiger partial charge in [0.25, 0.3) is 0 Å². The largest absolute Gasteiger partial charge is 0.460 e. The van der Waals surface area contributed by atoms with Crippen molar-refractivity contribution in [3.63, 3.8) is 0 Å². The van der Waals surface area contributed by atoms with Gasteiger partial charge in [0.2, 0.25) is 5.75 Å². The van der Waals surface area contributed by atoms with E-state index in [9.17, 15) is 4.79 Å². The first-order valence-electron chi connectivity index (χ1n) is 6.90. The van der Waals surface area contributed by atoms with E-state index in [2.05, 4.69) is 13.8 Å². The molecule has 0 saturated heterocycles. The molecule has 0 aromatic carbocycles. The van der Waals surface area contributed by atoms with E-state index < -0.39 is 0 Å². The maximum absolute atomic E-state index is 11.5. The first-order valence-corrected chi connectivity index (χ1v) is 8.63.